The molecule has 0 aliphatic heterocycles. The minimum Gasteiger partial charge on any atom is -0.501 e. The predicted molar refractivity (Wildman–Crippen MR) is 40.9 cm³/mol. The number of aromatic nitrogens is 2. The Hall–Kier alpha value is -2.05. The highest BCUT2D eigenvalue weighted by molar-refractivity contribution is 5.88. The van der Waals surface area contributed by atoms with Crippen molar-refractivity contribution in [2.75, 3.05) is 0 Å². The van der Waals surface area contributed by atoms with Crippen LogP contribution in [0.25, 0.3) is 0 Å². The van der Waals surface area contributed by atoms with Gasteiger partial charge in [0, 0.05) is 7.05 Å². The molecule has 70 valence electrons. The Bertz CT molecular complexity index is 435. The number of aromatic amines is 1. The van der Waals surface area contributed by atoms with E-state index in [1.807, 2.05) is 0 Å². The summed E-state index contributed by atoms with van der Waals surface area (Å²) >= 11 is 0. The van der Waals surface area contributed by atoms with Crippen LogP contribution >= 0.6 is 0 Å². The van der Waals surface area contributed by atoms with Crippen LogP contribution in [0.1, 0.15) is 10.5 Å². The zero-order valence-electron chi connectivity index (χ0n) is 6.57. The van der Waals surface area contributed by atoms with Gasteiger partial charge in [0.05, 0.1) is 0 Å². The molecule has 0 saturated heterocycles. The van der Waals surface area contributed by atoms with Gasteiger partial charge in [-0.15, -0.1) is 0 Å². The minimum absolute atomic E-state index is 0.638. The minimum atomic E-state index is -1.54. The van der Waals surface area contributed by atoms with Crippen molar-refractivity contribution in [3.8, 4) is 5.75 Å². The molecule has 0 spiro atoms. The summed E-state index contributed by atoms with van der Waals surface area (Å²) in [4.78, 5) is 33.8. The first-order chi connectivity index (χ1) is 5.95. The van der Waals surface area contributed by atoms with Gasteiger partial charge in [0.25, 0.3) is 5.56 Å². The van der Waals surface area contributed by atoms with E-state index in [0.29, 0.717) is 4.57 Å². The van der Waals surface area contributed by atoms with Crippen LogP contribution in [-0.2, 0) is 7.05 Å². The number of hydrogen-bond acceptors (Lipinski definition) is 4. The molecule has 13 heavy (non-hydrogen) atoms. The molecule has 1 aromatic rings. The Morgan fingerprint density at radius 3 is 2.46 bits per heavy atom. The molecule has 7 nitrogen and oxygen atoms in total. The molecule has 0 aromatic carbocycles. The third-order valence-electron chi connectivity index (χ3n) is 1.50. The molecule has 0 unspecified atom stereocenters. The lowest BCUT2D eigenvalue weighted by Gasteiger charge is -2.02. The fourth-order valence-electron chi connectivity index (χ4n) is 0.853. The van der Waals surface area contributed by atoms with Crippen molar-refractivity contribution in [2.24, 2.45) is 7.05 Å². The third kappa shape index (κ3) is 1.31. The summed E-state index contributed by atoms with van der Waals surface area (Å²) in [6.45, 7) is 0. The quantitative estimate of drug-likeness (QED) is 0.492. The number of rotatable bonds is 1. The van der Waals surface area contributed by atoms with Crippen molar-refractivity contribution in [1.82, 2.24) is 9.55 Å². The Morgan fingerprint density at radius 2 is 2.00 bits per heavy atom. The van der Waals surface area contributed by atoms with Gasteiger partial charge < -0.3 is 10.2 Å². The summed E-state index contributed by atoms with van der Waals surface area (Å²) in [6.07, 6.45) is 0. The van der Waals surface area contributed by atoms with Crippen LogP contribution in [-0.4, -0.2) is 25.7 Å². The van der Waals surface area contributed by atoms with Crippen LogP contribution in [0.5, 0.6) is 5.75 Å². The standard InChI is InChI=1S/C6H6N2O5/c1-8-2(5(11)12)3(9)4(10)7-6(8)13/h9H,1H3,(H,11,12)(H,7,10,13). The van der Waals surface area contributed by atoms with E-state index in [1.54, 1.807) is 4.98 Å². The Labute approximate surface area is 70.9 Å². The molecule has 1 rings (SSSR count). The number of nitrogens with one attached hydrogen (secondary N) is 1. The van der Waals surface area contributed by atoms with Gasteiger partial charge in [-0.1, -0.05) is 0 Å². The molecule has 0 radical (unpaired) electrons. The highest BCUT2D eigenvalue weighted by Crippen LogP contribution is 2.05. The van der Waals surface area contributed by atoms with Crippen molar-refractivity contribution < 1.29 is 15.0 Å². The zero-order valence-corrected chi connectivity index (χ0v) is 6.57. The fraction of sp³-hybridized carbons (Fsp3) is 0.167. The van der Waals surface area contributed by atoms with E-state index in [2.05, 4.69) is 0 Å². The fourth-order valence-corrected chi connectivity index (χ4v) is 0.853. The Kier molecular flexibility index (Phi) is 1.93. The van der Waals surface area contributed by atoms with E-state index in [9.17, 15) is 14.4 Å². The van der Waals surface area contributed by atoms with Crippen LogP contribution in [0.2, 0.25) is 0 Å². The number of carbonyl (C=O) groups is 1. The van der Waals surface area contributed by atoms with Crippen molar-refractivity contribution in [2.45, 2.75) is 0 Å². The molecular weight excluding hydrogens is 180 g/mol. The van der Waals surface area contributed by atoms with E-state index >= 15 is 0 Å². The highest BCUT2D eigenvalue weighted by Gasteiger charge is 2.17. The molecule has 0 bridgehead atoms. The molecule has 0 aliphatic carbocycles. The first-order valence-electron chi connectivity index (χ1n) is 3.20. The van der Waals surface area contributed by atoms with Gasteiger partial charge in [-0.3, -0.25) is 14.3 Å². The number of aromatic carboxylic acids is 1. The second kappa shape index (κ2) is 2.77. The smallest absolute Gasteiger partial charge is 0.356 e. The Balaban J connectivity index is 3.76. The largest absolute Gasteiger partial charge is 0.501 e. The summed E-state index contributed by atoms with van der Waals surface area (Å²) in [5, 5.41) is 17.5. The first-order valence-corrected chi connectivity index (χ1v) is 3.20. The molecule has 3 N–H and O–H groups in total. The van der Waals surface area contributed by atoms with Gasteiger partial charge in [-0.2, -0.15) is 0 Å². The molecule has 0 saturated carbocycles. The van der Waals surface area contributed by atoms with Crippen LogP contribution in [0.4, 0.5) is 0 Å². The molecule has 0 fully saturated rings. The van der Waals surface area contributed by atoms with Crippen molar-refractivity contribution in [1.29, 1.82) is 0 Å². The maximum Gasteiger partial charge on any atom is 0.356 e. The molecule has 1 heterocycles. The number of nitrogens with zero attached hydrogens (tertiary/aromatic N) is 1. The molecular formula is C6H6N2O5. The van der Waals surface area contributed by atoms with Gasteiger partial charge in [-0.25, -0.2) is 9.59 Å². The van der Waals surface area contributed by atoms with E-state index in [4.69, 9.17) is 10.2 Å². The van der Waals surface area contributed by atoms with Crippen molar-refractivity contribution in [3.63, 3.8) is 0 Å². The Morgan fingerprint density at radius 1 is 1.46 bits per heavy atom. The SMILES string of the molecule is Cn1c(C(=O)O)c(O)c(=O)[nH]c1=O. The van der Waals surface area contributed by atoms with Gasteiger partial charge in [0.2, 0.25) is 5.75 Å². The average molecular weight is 186 g/mol. The number of hydrogen-bond donors (Lipinski definition) is 3. The topological polar surface area (TPSA) is 112 Å². The van der Waals surface area contributed by atoms with Gasteiger partial charge in [0.15, 0.2) is 5.69 Å². The zero-order chi connectivity index (χ0) is 10.2. The predicted octanol–water partition coefficient (Wildman–Crippen LogP) is -1.52. The van der Waals surface area contributed by atoms with E-state index in [1.165, 1.54) is 0 Å². The molecule has 0 aliphatic rings. The summed E-state index contributed by atoms with van der Waals surface area (Å²) < 4.78 is 0.638. The lowest BCUT2D eigenvalue weighted by Crippen LogP contribution is -2.32. The monoisotopic (exact) mass is 186 g/mol. The highest BCUT2D eigenvalue weighted by atomic mass is 16.4. The third-order valence-corrected chi connectivity index (χ3v) is 1.50. The molecule has 7 heteroatoms. The second-order valence-corrected chi connectivity index (χ2v) is 2.32. The van der Waals surface area contributed by atoms with Crippen LogP contribution in [0.15, 0.2) is 9.59 Å². The van der Waals surface area contributed by atoms with E-state index in [-0.39, 0.29) is 0 Å². The summed E-state index contributed by atoms with van der Waals surface area (Å²) in [7, 11) is 1.13. The van der Waals surface area contributed by atoms with Gasteiger partial charge in [-0.05, 0) is 0 Å². The number of carboxylic acid groups (broad SMARTS) is 1. The van der Waals surface area contributed by atoms with Crippen LogP contribution in [0.3, 0.4) is 0 Å². The number of aromatic hydroxyl groups is 1. The summed E-state index contributed by atoms with van der Waals surface area (Å²) in [6, 6.07) is 0. The van der Waals surface area contributed by atoms with Crippen LogP contribution < -0.4 is 11.2 Å². The molecule has 0 atom stereocenters. The maximum absolute atomic E-state index is 10.9. The lowest BCUT2D eigenvalue weighted by molar-refractivity contribution is 0.0680. The van der Waals surface area contributed by atoms with E-state index < -0.39 is 28.7 Å². The first kappa shape index (κ1) is 9.04. The average Bonchev–Trinajstić information content (AvgIpc) is 2.01. The normalized spacial score (nSPS) is 9.92. The molecule has 1 aromatic heterocycles. The number of carboxylic acids is 1. The van der Waals surface area contributed by atoms with Crippen molar-refractivity contribution in [3.05, 3.63) is 26.5 Å². The van der Waals surface area contributed by atoms with Crippen LogP contribution in [0, 0.1) is 0 Å². The van der Waals surface area contributed by atoms with E-state index in [0.717, 1.165) is 7.05 Å². The summed E-state index contributed by atoms with van der Waals surface area (Å²) in [5.41, 5.74) is -2.73. The molecule has 0 amide bonds. The van der Waals surface area contributed by atoms with Gasteiger partial charge in [0.1, 0.15) is 0 Å². The maximum atomic E-state index is 10.9. The number of H-pyrrole nitrogens is 1. The van der Waals surface area contributed by atoms with Crippen molar-refractivity contribution >= 4 is 5.97 Å². The second-order valence-electron chi connectivity index (χ2n) is 2.32. The van der Waals surface area contributed by atoms with Gasteiger partial charge >= 0.3 is 11.7 Å². The lowest BCUT2D eigenvalue weighted by atomic mass is 10.3. The summed E-state index contributed by atoms with van der Waals surface area (Å²) in [5.74, 6) is -2.52.